The van der Waals surface area contributed by atoms with Crippen LogP contribution in [0.25, 0.3) is 0 Å². The molecule has 1 aromatic carbocycles. The van der Waals surface area contributed by atoms with Crippen LogP contribution in [0.5, 0.6) is 5.75 Å². The van der Waals surface area contributed by atoms with Gasteiger partial charge < -0.3 is 4.74 Å². The topological polar surface area (TPSA) is 9.23 Å². The number of alkyl halides is 1. The van der Waals surface area contributed by atoms with Gasteiger partial charge in [-0.25, -0.2) is 0 Å². The molecule has 0 radical (unpaired) electrons. The number of ether oxygens (including phenoxy) is 1. The Balaban J connectivity index is 2.57. The summed E-state index contributed by atoms with van der Waals surface area (Å²) in [5.41, 5.74) is 0.969. The fourth-order valence-electron chi connectivity index (χ4n) is 1.45. The molecule has 86 valence electrons. The second-order valence-corrected chi connectivity index (χ2v) is 3.94. The molecule has 0 heterocycles. The van der Waals surface area contributed by atoms with E-state index in [1.54, 1.807) is 0 Å². The SMILES string of the molecule is CCCC(C)Oc1ccc(C#CCCl)cc1. The Morgan fingerprint density at radius 3 is 2.56 bits per heavy atom. The van der Waals surface area contributed by atoms with E-state index in [1.165, 1.54) is 0 Å². The van der Waals surface area contributed by atoms with Crippen LogP contribution >= 0.6 is 11.6 Å². The molecule has 1 unspecified atom stereocenters. The predicted molar refractivity (Wildman–Crippen MR) is 69.0 cm³/mol. The van der Waals surface area contributed by atoms with Crippen molar-refractivity contribution in [3.8, 4) is 17.6 Å². The van der Waals surface area contributed by atoms with Crippen LogP contribution in [0.1, 0.15) is 32.3 Å². The molecule has 0 saturated heterocycles. The fourth-order valence-corrected chi connectivity index (χ4v) is 1.52. The number of benzene rings is 1. The summed E-state index contributed by atoms with van der Waals surface area (Å²) in [5, 5.41) is 0. The quantitative estimate of drug-likeness (QED) is 0.570. The number of hydrogen-bond acceptors (Lipinski definition) is 1. The zero-order valence-corrected chi connectivity index (χ0v) is 10.6. The van der Waals surface area contributed by atoms with Crippen molar-refractivity contribution in [3.63, 3.8) is 0 Å². The van der Waals surface area contributed by atoms with Crippen molar-refractivity contribution in [1.29, 1.82) is 0 Å². The Morgan fingerprint density at radius 1 is 1.31 bits per heavy atom. The molecular formula is C14H17ClO. The maximum Gasteiger partial charge on any atom is 0.119 e. The second kappa shape index (κ2) is 7.19. The smallest absolute Gasteiger partial charge is 0.119 e. The van der Waals surface area contributed by atoms with Crippen LogP contribution in [0.3, 0.4) is 0 Å². The van der Waals surface area contributed by atoms with Crippen molar-refractivity contribution in [2.45, 2.75) is 32.8 Å². The fraction of sp³-hybridized carbons (Fsp3) is 0.429. The Labute approximate surface area is 103 Å². The van der Waals surface area contributed by atoms with Crippen molar-refractivity contribution < 1.29 is 4.74 Å². The van der Waals surface area contributed by atoms with Crippen molar-refractivity contribution in [1.82, 2.24) is 0 Å². The maximum atomic E-state index is 5.74. The second-order valence-electron chi connectivity index (χ2n) is 3.68. The zero-order chi connectivity index (χ0) is 11.8. The molecule has 1 rings (SSSR count). The lowest BCUT2D eigenvalue weighted by Crippen LogP contribution is -2.10. The van der Waals surface area contributed by atoms with E-state index in [-0.39, 0.29) is 6.10 Å². The van der Waals surface area contributed by atoms with Gasteiger partial charge in [-0.05, 0) is 37.6 Å². The minimum atomic E-state index is 0.268. The molecule has 2 heteroatoms. The molecule has 0 spiro atoms. The Morgan fingerprint density at radius 2 is 2.00 bits per heavy atom. The molecule has 1 nitrogen and oxygen atoms in total. The van der Waals surface area contributed by atoms with Crippen molar-refractivity contribution >= 4 is 11.6 Å². The third-order valence-corrected chi connectivity index (χ3v) is 2.32. The molecule has 0 fully saturated rings. The highest BCUT2D eigenvalue weighted by molar-refractivity contribution is 6.19. The summed E-state index contributed by atoms with van der Waals surface area (Å²) in [5.74, 6) is 7.05. The van der Waals surface area contributed by atoms with E-state index in [0.717, 1.165) is 24.2 Å². The monoisotopic (exact) mass is 236 g/mol. The highest BCUT2D eigenvalue weighted by atomic mass is 35.5. The average molecular weight is 237 g/mol. The molecule has 0 bridgehead atoms. The minimum Gasteiger partial charge on any atom is -0.491 e. The van der Waals surface area contributed by atoms with Crippen LogP contribution < -0.4 is 4.74 Å². The third kappa shape index (κ3) is 4.59. The van der Waals surface area contributed by atoms with E-state index in [4.69, 9.17) is 16.3 Å². The van der Waals surface area contributed by atoms with Crippen LogP contribution in [0.2, 0.25) is 0 Å². The van der Waals surface area contributed by atoms with E-state index < -0.39 is 0 Å². The maximum absolute atomic E-state index is 5.74. The number of rotatable bonds is 4. The molecule has 0 amide bonds. The molecule has 0 aliphatic rings. The number of halogens is 1. The highest BCUT2D eigenvalue weighted by Gasteiger charge is 2.01. The average Bonchev–Trinajstić information content (AvgIpc) is 2.28. The van der Waals surface area contributed by atoms with Gasteiger partial charge in [0.2, 0.25) is 0 Å². The van der Waals surface area contributed by atoms with Crippen LogP contribution in [-0.4, -0.2) is 12.0 Å². The normalized spacial score (nSPS) is 11.4. The first kappa shape index (κ1) is 12.9. The third-order valence-electron chi connectivity index (χ3n) is 2.19. The Kier molecular flexibility index (Phi) is 5.82. The van der Waals surface area contributed by atoms with Gasteiger partial charge in [-0.1, -0.05) is 25.2 Å². The summed E-state index contributed by atoms with van der Waals surface area (Å²) < 4.78 is 5.74. The molecule has 1 atom stereocenters. The van der Waals surface area contributed by atoms with Gasteiger partial charge in [0.05, 0.1) is 12.0 Å². The number of hydrogen-bond donors (Lipinski definition) is 0. The van der Waals surface area contributed by atoms with Crippen molar-refractivity contribution in [3.05, 3.63) is 29.8 Å². The summed E-state index contributed by atoms with van der Waals surface area (Å²) in [4.78, 5) is 0. The lowest BCUT2D eigenvalue weighted by Gasteiger charge is -2.13. The van der Waals surface area contributed by atoms with Gasteiger partial charge in [0.15, 0.2) is 0 Å². The molecule has 0 aromatic heterocycles. The molecule has 16 heavy (non-hydrogen) atoms. The Bertz CT molecular complexity index is 359. The van der Waals surface area contributed by atoms with E-state index in [1.807, 2.05) is 24.3 Å². The molecule has 1 aromatic rings. The van der Waals surface area contributed by atoms with E-state index in [0.29, 0.717) is 5.88 Å². The van der Waals surface area contributed by atoms with E-state index in [2.05, 4.69) is 25.7 Å². The first-order valence-corrected chi connectivity index (χ1v) is 6.11. The van der Waals surface area contributed by atoms with Gasteiger partial charge in [0.25, 0.3) is 0 Å². The van der Waals surface area contributed by atoms with Crippen molar-refractivity contribution in [2.24, 2.45) is 0 Å². The standard InChI is InChI=1S/C14H17ClO/c1-3-5-12(2)16-14-9-7-13(8-10-14)6-4-11-15/h7-10,12H,3,5,11H2,1-2H3. The predicted octanol–water partition coefficient (Wildman–Crippen LogP) is 3.84. The van der Waals surface area contributed by atoms with E-state index >= 15 is 0 Å². The lowest BCUT2D eigenvalue weighted by molar-refractivity contribution is 0.210. The van der Waals surface area contributed by atoms with Gasteiger partial charge in [-0.15, -0.1) is 11.6 Å². The summed E-state index contributed by atoms with van der Waals surface area (Å²) in [6.07, 6.45) is 2.48. The zero-order valence-electron chi connectivity index (χ0n) is 9.79. The van der Waals surface area contributed by atoms with Crippen LogP contribution in [-0.2, 0) is 0 Å². The molecular weight excluding hydrogens is 220 g/mol. The van der Waals surface area contributed by atoms with Crippen LogP contribution in [0.4, 0.5) is 0 Å². The Hall–Kier alpha value is -1.13. The lowest BCUT2D eigenvalue weighted by atomic mass is 10.2. The summed E-state index contributed by atoms with van der Waals surface area (Å²) >= 11 is 5.49. The summed E-state index contributed by atoms with van der Waals surface area (Å²) in [6, 6.07) is 7.80. The van der Waals surface area contributed by atoms with Crippen molar-refractivity contribution in [2.75, 3.05) is 5.88 Å². The highest BCUT2D eigenvalue weighted by Crippen LogP contribution is 2.15. The molecule has 0 N–H and O–H groups in total. The van der Waals surface area contributed by atoms with Gasteiger partial charge in [-0.3, -0.25) is 0 Å². The molecule has 0 aliphatic heterocycles. The van der Waals surface area contributed by atoms with Gasteiger partial charge in [0.1, 0.15) is 5.75 Å². The van der Waals surface area contributed by atoms with Crippen LogP contribution in [0, 0.1) is 11.8 Å². The largest absolute Gasteiger partial charge is 0.491 e. The van der Waals surface area contributed by atoms with E-state index in [9.17, 15) is 0 Å². The van der Waals surface area contributed by atoms with Gasteiger partial charge >= 0.3 is 0 Å². The molecule has 0 saturated carbocycles. The summed E-state index contributed by atoms with van der Waals surface area (Å²) in [6.45, 7) is 4.25. The first-order valence-electron chi connectivity index (χ1n) is 5.57. The van der Waals surface area contributed by atoms with Gasteiger partial charge in [0, 0.05) is 5.56 Å². The van der Waals surface area contributed by atoms with Gasteiger partial charge in [-0.2, -0.15) is 0 Å². The minimum absolute atomic E-state index is 0.268. The van der Waals surface area contributed by atoms with Crippen LogP contribution in [0.15, 0.2) is 24.3 Å². The molecule has 0 aliphatic carbocycles. The summed E-state index contributed by atoms with van der Waals surface area (Å²) in [7, 11) is 0. The first-order chi connectivity index (χ1) is 7.76.